The van der Waals surface area contributed by atoms with Gasteiger partial charge in [0.05, 0.1) is 0 Å². The number of carbonyl (C=O) groups excluding carboxylic acids is 1. The maximum absolute atomic E-state index is 13.5. The van der Waals surface area contributed by atoms with Gasteiger partial charge in [-0.3, -0.25) is 0 Å². The molecule has 1 N–H and O–H groups in total. The van der Waals surface area contributed by atoms with Crippen molar-refractivity contribution >= 4 is 55.4 Å². The summed E-state index contributed by atoms with van der Waals surface area (Å²) in [6.45, 7) is 1.63. The first-order valence-corrected chi connectivity index (χ1v) is 10.7. The first-order chi connectivity index (χ1) is 11.7. The van der Waals surface area contributed by atoms with E-state index in [1.54, 1.807) is 22.7 Å². The zero-order valence-electron chi connectivity index (χ0n) is 13.3. The van der Waals surface area contributed by atoms with Crippen molar-refractivity contribution in [3.8, 4) is 10.6 Å². The van der Waals surface area contributed by atoms with E-state index in [0.717, 1.165) is 28.4 Å². The Balaban J connectivity index is 1.76. The number of thiophene rings is 1. The lowest BCUT2D eigenvalue weighted by Gasteiger charge is -2.11. The second-order valence-electron chi connectivity index (χ2n) is 5.44. The molecular weight excluding hydrogens is 437 g/mol. The molecule has 7 heteroatoms. The third-order valence-corrected chi connectivity index (χ3v) is 7.02. The Kier molecular flexibility index (Phi) is 5.83. The molecule has 124 valence electrons. The predicted molar refractivity (Wildman–Crippen MR) is 111 cm³/mol. The largest absolute Gasteiger partial charge is 0.448 e. The van der Waals surface area contributed by atoms with Gasteiger partial charge < -0.3 is 17.1 Å². The fourth-order valence-electron chi connectivity index (χ4n) is 2.40. The van der Waals surface area contributed by atoms with E-state index in [1.165, 1.54) is 3.51 Å². The number of allylic oxidation sites excluding steroid dienone is 2. The average Bonchev–Trinajstić information content (AvgIpc) is 3.23. The molecule has 2 aromatic heterocycles. The van der Waals surface area contributed by atoms with Crippen LogP contribution in [0.3, 0.4) is 0 Å². The van der Waals surface area contributed by atoms with Crippen molar-refractivity contribution in [3.63, 3.8) is 0 Å². The minimum atomic E-state index is -0.548. The van der Waals surface area contributed by atoms with E-state index in [-0.39, 0.29) is 26.8 Å². The number of ketones is 1. The Morgan fingerprint density at radius 3 is 2.92 bits per heavy atom. The number of carbonyl (C=O) groups is 1. The van der Waals surface area contributed by atoms with E-state index in [1.807, 2.05) is 41.8 Å². The van der Waals surface area contributed by atoms with Crippen molar-refractivity contribution in [2.45, 2.75) is 19.8 Å². The third-order valence-electron chi connectivity index (χ3n) is 3.65. The van der Waals surface area contributed by atoms with E-state index < -0.39 is 7.69 Å². The zero-order valence-corrected chi connectivity index (χ0v) is 16.2. The van der Waals surface area contributed by atoms with E-state index in [4.69, 9.17) is 0 Å². The molecule has 0 saturated heterocycles. The molecule has 0 saturated carbocycles. The van der Waals surface area contributed by atoms with Gasteiger partial charge in [-0.1, -0.05) is 6.07 Å². The smallest absolute Gasteiger partial charge is 0.358 e. The Labute approximate surface area is 155 Å². The van der Waals surface area contributed by atoms with Gasteiger partial charge in [-0.2, -0.15) is 0 Å². The van der Waals surface area contributed by atoms with Gasteiger partial charge in [0, 0.05) is 52.9 Å². The van der Waals surface area contributed by atoms with Gasteiger partial charge >= 0.3 is 7.69 Å². The maximum atomic E-state index is 13.5. The quantitative estimate of drug-likeness (QED) is 0.403. The molecule has 3 heterocycles. The van der Waals surface area contributed by atoms with Gasteiger partial charge in [-0.05, 0) is 55.2 Å². The molecule has 0 unspecified atom stereocenters. The molecule has 0 aliphatic carbocycles. The highest BCUT2D eigenvalue weighted by molar-refractivity contribution is 14.2. The number of nitrogens with one attached hydrogen (secondary N) is 1. The van der Waals surface area contributed by atoms with Gasteiger partial charge in [-0.25, -0.2) is 0 Å². The third kappa shape index (κ3) is 4.13. The van der Waals surface area contributed by atoms with Crippen LogP contribution in [-0.4, -0.2) is 21.5 Å². The van der Waals surface area contributed by atoms with Crippen molar-refractivity contribution in [3.05, 3.63) is 53.2 Å². The van der Waals surface area contributed by atoms with Crippen molar-refractivity contribution in [2.24, 2.45) is 0 Å². The standard InChI is InChI=1S/C17H17BFIN2OS/c1-12(23)4-5-13-6-7-14(21-20-13)11-15-8-9-16(22(15)18-19)17-3-2-10-24-17/h2-3,6-11,18,21H,4-5H2,1H3/b14-11-. The average molecular weight is 454 g/mol. The first kappa shape index (κ1) is 17.4. The van der Waals surface area contributed by atoms with Crippen LogP contribution in [0.15, 0.2) is 47.5 Å². The monoisotopic (exact) mass is 454 g/mol. The summed E-state index contributed by atoms with van der Waals surface area (Å²) in [6, 6.07) is 7.89. The second kappa shape index (κ2) is 8.07. The highest BCUT2D eigenvalue weighted by atomic mass is 127. The first-order valence-electron chi connectivity index (χ1n) is 7.61. The summed E-state index contributed by atoms with van der Waals surface area (Å²) in [5.74, 6) is 0.225. The highest BCUT2D eigenvalue weighted by Crippen LogP contribution is 2.27. The maximum Gasteiger partial charge on any atom is 0.448 e. The SMILES string of the molecule is CC(=O)CCC1=IN/C(=C\c2ccc(-c3cccs3)n2BF)C=C1. The van der Waals surface area contributed by atoms with E-state index in [2.05, 4.69) is 9.61 Å². The Morgan fingerprint density at radius 1 is 1.42 bits per heavy atom. The van der Waals surface area contributed by atoms with Crippen LogP contribution in [0.5, 0.6) is 0 Å². The topological polar surface area (TPSA) is 34.0 Å². The van der Waals surface area contributed by atoms with Crippen LogP contribution >= 0.6 is 32.3 Å². The number of aromatic nitrogens is 1. The van der Waals surface area contributed by atoms with Crippen molar-refractivity contribution in [1.29, 1.82) is 0 Å². The Bertz CT molecular complexity index is 824. The van der Waals surface area contributed by atoms with Crippen LogP contribution in [0.4, 0.5) is 4.32 Å². The number of halogens is 2. The molecule has 3 nitrogen and oxygen atoms in total. The molecule has 0 radical (unpaired) electrons. The summed E-state index contributed by atoms with van der Waals surface area (Å²) >= 11 is 1.30. The van der Waals surface area contributed by atoms with Crippen LogP contribution < -0.4 is 3.53 Å². The van der Waals surface area contributed by atoms with E-state index in [0.29, 0.717) is 6.42 Å². The molecule has 0 spiro atoms. The molecule has 3 rings (SSSR count). The number of Topliss-reactive ketones (excluding diaryl/α,β-unsaturated/α-hetero) is 1. The van der Waals surface area contributed by atoms with Gasteiger partial charge in [0.1, 0.15) is 5.78 Å². The number of hydrogen-bond donors (Lipinski definition) is 1. The normalized spacial score (nSPS) is 15.6. The van der Waals surface area contributed by atoms with Crippen molar-refractivity contribution in [1.82, 2.24) is 8.01 Å². The molecule has 1 aliphatic rings. The van der Waals surface area contributed by atoms with Crippen LogP contribution in [-0.2, 0) is 4.79 Å². The van der Waals surface area contributed by atoms with Crippen LogP contribution in [0.1, 0.15) is 25.5 Å². The summed E-state index contributed by atoms with van der Waals surface area (Å²) < 4.78 is 20.0. The van der Waals surface area contributed by atoms with Crippen molar-refractivity contribution in [2.75, 3.05) is 0 Å². The minimum absolute atomic E-state index is 0.225. The molecule has 0 aromatic carbocycles. The molecule has 24 heavy (non-hydrogen) atoms. The summed E-state index contributed by atoms with van der Waals surface area (Å²) in [7, 11) is -0.548. The van der Waals surface area contributed by atoms with Gasteiger partial charge in [-0.15, -0.1) is 11.3 Å². The van der Waals surface area contributed by atoms with Gasteiger partial charge in [0.25, 0.3) is 0 Å². The van der Waals surface area contributed by atoms with Crippen LogP contribution in [0, 0.1) is 0 Å². The molecule has 2 aromatic rings. The summed E-state index contributed by atoms with van der Waals surface area (Å²) in [5, 5.41) is 2.00. The summed E-state index contributed by atoms with van der Waals surface area (Å²) in [4.78, 5) is 12.1. The Hall–Kier alpha value is -1.48. The van der Waals surface area contributed by atoms with Crippen molar-refractivity contribution < 1.29 is 9.11 Å². The number of nitrogens with zero attached hydrogens (tertiary/aromatic N) is 1. The Morgan fingerprint density at radius 2 is 2.29 bits per heavy atom. The molecule has 0 fully saturated rings. The van der Waals surface area contributed by atoms with Crippen LogP contribution in [0.2, 0.25) is 0 Å². The minimum Gasteiger partial charge on any atom is -0.358 e. The van der Waals surface area contributed by atoms with E-state index in [9.17, 15) is 9.11 Å². The van der Waals surface area contributed by atoms with Gasteiger partial charge in [0.2, 0.25) is 0 Å². The van der Waals surface area contributed by atoms with Gasteiger partial charge in [0.15, 0.2) is 0 Å². The second-order valence-corrected chi connectivity index (χ2v) is 8.85. The number of rotatable bonds is 6. The molecule has 0 amide bonds. The lowest BCUT2D eigenvalue weighted by Crippen LogP contribution is -2.09. The highest BCUT2D eigenvalue weighted by Gasteiger charge is 2.11. The molecule has 1 aliphatic heterocycles. The number of hydrogen-bond acceptors (Lipinski definition) is 3. The van der Waals surface area contributed by atoms with Crippen LogP contribution in [0.25, 0.3) is 16.6 Å². The van der Waals surface area contributed by atoms with E-state index >= 15 is 0 Å². The molecular formula is C17H17BFIN2OS. The summed E-state index contributed by atoms with van der Waals surface area (Å²) in [5.41, 5.74) is 2.76. The molecule has 0 atom stereocenters. The predicted octanol–water partition coefficient (Wildman–Crippen LogP) is 4.23. The lowest BCUT2D eigenvalue weighted by molar-refractivity contribution is -0.116. The molecule has 0 bridgehead atoms. The zero-order chi connectivity index (χ0) is 16.9. The summed E-state index contributed by atoms with van der Waals surface area (Å²) in [6.07, 6.45) is 7.53. The fourth-order valence-corrected chi connectivity index (χ4v) is 5.05. The lowest BCUT2D eigenvalue weighted by atomic mass is 10.1. The fraction of sp³-hybridized carbons (Fsp3) is 0.176.